The van der Waals surface area contributed by atoms with Crippen molar-refractivity contribution >= 4 is 46.0 Å². The van der Waals surface area contributed by atoms with Crippen molar-refractivity contribution in [1.29, 1.82) is 0 Å². The summed E-state index contributed by atoms with van der Waals surface area (Å²) in [6.45, 7) is 0. The number of benzene rings is 2. The first kappa shape index (κ1) is 13.6. The van der Waals surface area contributed by atoms with Crippen LogP contribution in [0, 0.1) is 0 Å². The lowest BCUT2D eigenvalue weighted by Gasteiger charge is -2.26. The van der Waals surface area contributed by atoms with Gasteiger partial charge in [-0.15, -0.1) is 11.8 Å². The molecule has 0 spiro atoms. The van der Waals surface area contributed by atoms with Gasteiger partial charge in [0.15, 0.2) is 0 Å². The maximum Gasteiger partial charge on any atom is 0.337 e. The molecule has 0 atom stereocenters. The number of imide groups is 1. The molecule has 21 heavy (non-hydrogen) atoms. The molecule has 1 heterocycles. The number of hydrogen-bond donors (Lipinski definition) is 1. The van der Waals surface area contributed by atoms with E-state index in [2.05, 4.69) is 0 Å². The molecule has 5 nitrogen and oxygen atoms in total. The van der Waals surface area contributed by atoms with Crippen molar-refractivity contribution in [2.75, 3.05) is 16.4 Å². The molecule has 1 fully saturated rings. The van der Waals surface area contributed by atoms with Crippen LogP contribution in [-0.2, 0) is 9.59 Å². The van der Waals surface area contributed by atoms with Gasteiger partial charge in [-0.2, -0.15) is 0 Å². The minimum atomic E-state index is -1.16. The van der Waals surface area contributed by atoms with E-state index >= 15 is 0 Å². The molecule has 1 aliphatic heterocycles. The van der Waals surface area contributed by atoms with Crippen LogP contribution in [0.1, 0.15) is 10.4 Å². The Bertz CT molecular complexity index is 755. The third-order valence-electron chi connectivity index (χ3n) is 3.29. The zero-order chi connectivity index (χ0) is 15.0. The molecular weight excluding hydrogens is 290 g/mol. The minimum Gasteiger partial charge on any atom is -0.478 e. The van der Waals surface area contributed by atoms with Crippen molar-refractivity contribution in [3.05, 3.63) is 42.0 Å². The van der Waals surface area contributed by atoms with E-state index < -0.39 is 5.97 Å². The summed E-state index contributed by atoms with van der Waals surface area (Å²) in [6, 6.07) is 10.3. The van der Waals surface area contributed by atoms with Crippen molar-refractivity contribution in [3.8, 4) is 0 Å². The van der Waals surface area contributed by atoms with Crippen LogP contribution in [0.4, 0.5) is 5.69 Å². The lowest BCUT2D eigenvalue weighted by molar-refractivity contribution is -0.124. The summed E-state index contributed by atoms with van der Waals surface area (Å²) in [5.41, 5.74) is 0.110. The van der Waals surface area contributed by atoms with Crippen LogP contribution in [0.2, 0.25) is 0 Å². The van der Waals surface area contributed by atoms with Gasteiger partial charge in [0.1, 0.15) is 0 Å². The van der Waals surface area contributed by atoms with Gasteiger partial charge in [0, 0.05) is 0 Å². The lowest BCUT2D eigenvalue weighted by Crippen LogP contribution is -2.43. The molecule has 1 aliphatic rings. The minimum absolute atomic E-state index is 0.0395. The van der Waals surface area contributed by atoms with E-state index in [1.807, 2.05) is 18.2 Å². The maximum atomic E-state index is 12.0. The van der Waals surface area contributed by atoms with Crippen LogP contribution in [0.25, 0.3) is 10.8 Å². The van der Waals surface area contributed by atoms with Gasteiger partial charge in [-0.05, 0) is 22.9 Å². The summed E-state index contributed by atoms with van der Waals surface area (Å²) >= 11 is 1.24. The van der Waals surface area contributed by atoms with Gasteiger partial charge in [0.25, 0.3) is 0 Å². The van der Waals surface area contributed by atoms with Crippen molar-refractivity contribution in [1.82, 2.24) is 0 Å². The molecule has 6 heteroatoms. The fourth-order valence-corrected chi connectivity index (χ4v) is 3.06. The fourth-order valence-electron chi connectivity index (χ4n) is 2.35. The van der Waals surface area contributed by atoms with E-state index in [0.29, 0.717) is 0 Å². The molecule has 2 aromatic carbocycles. The summed E-state index contributed by atoms with van der Waals surface area (Å²) in [5, 5.41) is 10.9. The molecule has 0 saturated carbocycles. The summed E-state index contributed by atoms with van der Waals surface area (Å²) in [7, 11) is 0. The second-order valence-electron chi connectivity index (χ2n) is 4.64. The Morgan fingerprint density at radius 3 is 2.19 bits per heavy atom. The van der Waals surface area contributed by atoms with E-state index in [1.54, 1.807) is 12.1 Å². The number of anilines is 1. The van der Waals surface area contributed by atoms with Crippen LogP contribution in [0.3, 0.4) is 0 Å². The average molecular weight is 301 g/mol. The van der Waals surface area contributed by atoms with Gasteiger partial charge >= 0.3 is 5.97 Å². The number of fused-ring (bicyclic) bond motifs is 1. The zero-order valence-electron chi connectivity index (χ0n) is 10.9. The van der Waals surface area contributed by atoms with Crippen LogP contribution in [0.15, 0.2) is 36.4 Å². The SMILES string of the molecule is O=C(O)c1cc2ccccc2cc1N1C(=O)CSCC1=O. The summed E-state index contributed by atoms with van der Waals surface area (Å²) < 4.78 is 0. The Labute approximate surface area is 124 Å². The fraction of sp³-hybridized carbons (Fsp3) is 0.133. The lowest BCUT2D eigenvalue weighted by atomic mass is 10.0. The van der Waals surface area contributed by atoms with Crippen molar-refractivity contribution < 1.29 is 19.5 Å². The number of carbonyl (C=O) groups excluding carboxylic acids is 2. The molecule has 0 unspecified atom stereocenters. The standard InChI is InChI=1S/C15H11NO4S/c17-13-7-21-8-14(18)16(13)12-6-10-4-2-1-3-9(10)5-11(12)15(19)20/h1-6H,7-8H2,(H,19,20). The van der Waals surface area contributed by atoms with Crippen molar-refractivity contribution in [3.63, 3.8) is 0 Å². The first-order chi connectivity index (χ1) is 10.1. The highest BCUT2D eigenvalue weighted by atomic mass is 32.2. The van der Waals surface area contributed by atoms with Gasteiger partial charge in [-0.3, -0.25) is 9.59 Å². The third kappa shape index (κ3) is 2.38. The van der Waals surface area contributed by atoms with Crippen LogP contribution in [-0.4, -0.2) is 34.4 Å². The second kappa shape index (κ2) is 5.21. The Hall–Kier alpha value is -2.34. The smallest absolute Gasteiger partial charge is 0.337 e. The van der Waals surface area contributed by atoms with E-state index in [-0.39, 0.29) is 34.6 Å². The predicted molar refractivity (Wildman–Crippen MR) is 80.7 cm³/mol. The molecule has 0 bridgehead atoms. The molecule has 1 N–H and O–H groups in total. The molecule has 2 aromatic rings. The summed E-state index contributed by atoms with van der Waals surface area (Å²) in [4.78, 5) is 36.5. The highest BCUT2D eigenvalue weighted by molar-refractivity contribution is 8.00. The zero-order valence-corrected chi connectivity index (χ0v) is 11.7. The quantitative estimate of drug-likeness (QED) is 0.860. The molecule has 3 rings (SSSR count). The maximum absolute atomic E-state index is 12.0. The Morgan fingerprint density at radius 1 is 1.05 bits per heavy atom. The number of carboxylic acid groups (broad SMARTS) is 1. The molecule has 2 amide bonds. The van der Waals surface area contributed by atoms with Gasteiger partial charge < -0.3 is 5.11 Å². The number of amides is 2. The molecule has 1 saturated heterocycles. The van der Waals surface area contributed by atoms with Gasteiger partial charge in [0.05, 0.1) is 22.8 Å². The number of carboxylic acids is 1. The Morgan fingerprint density at radius 2 is 1.62 bits per heavy atom. The van der Waals surface area contributed by atoms with Crippen molar-refractivity contribution in [2.45, 2.75) is 0 Å². The molecule has 0 aliphatic carbocycles. The molecular formula is C15H11NO4S. The van der Waals surface area contributed by atoms with Crippen LogP contribution < -0.4 is 4.90 Å². The predicted octanol–water partition coefficient (Wildman–Crippen LogP) is 2.14. The highest BCUT2D eigenvalue weighted by Crippen LogP contribution is 2.30. The van der Waals surface area contributed by atoms with E-state index in [1.165, 1.54) is 17.8 Å². The van der Waals surface area contributed by atoms with Crippen LogP contribution >= 0.6 is 11.8 Å². The van der Waals surface area contributed by atoms with Crippen LogP contribution in [0.5, 0.6) is 0 Å². The first-order valence-electron chi connectivity index (χ1n) is 6.27. The number of nitrogens with zero attached hydrogens (tertiary/aromatic N) is 1. The molecule has 0 aromatic heterocycles. The third-order valence-corrected chi connectivity index (χ3v) is 4.19. The Kier molecular flexibility index (Phi) is 3.39. The number of hydrogen-bond acceptors (Lipinski definition) is 4. The van der Waals surface area contributed by atoms with Gasteiger partial charge in [-0.1, -0.05) is 24.3 Å². The summed E-state index contributed by atoms with van der Waals surface area (Å²) in [6.07, 6.45) is 0. The molecule has 0 radical (unpaired) electrons. The topological polar surface area (TPSA) is 74.7 Å². The molecule has 106 valence electrons. The Balaban J connectivity index is 2.24. The normalized spacial score (nSPS) is 15.5. The number of rotatable bonds is 2. The first-order valence-corrected chi connectivity index (χ1v) is 7.43. The van der Waals surface area contributed by atoms with Crippen molar-refractivity contribution in [2.24, 2.45) is 0 Å². The summed E-state index contributed by atoms with van der Waals surface area (Å²) in [5.74, 6) is -1.56. The van der Waals surface area contributed by atoms with Gasteiger partial charge in [0.2, 0.25) is 11.8 Å². The average Bonchev–Trinajstić information content (AvgIpc) is 2.46. The largest absolute Gasteiger partial charge is 0.478 e. The van der Waals surface area contributed by atoms with E-state index in [0.717, 1.165) is 15.7 Å². The highest BCUT2D eigenvalue weighted by Gasteiger charge is 2.31. The van der Waals surface area contributed by atoms with Gasteiger partial charge in [-0.25, -0.2) is 9.69 Å². The number of aromatic carboxylic acids is 1. The van der Waals surface area contributed by atoms with E-state index in [4.69, 9.17) is 0 Å². The monoisotopic (exact) mass is 301 g/mol. The number of thioether (sulfide) groups is 1. The number of carbonyl (C=O) groups is 3. The second-order valence-corrected chi connectivity index (χ2v) is 5.62. The van der Waals surface area contributed by atoms with E-state index in [9.17, 15) is 19.5 Å².